The van der Waals surface area contributed by atoms with Gasteiger partial charge in [-0.3, -0.25) is 14.5 Å². The second-order valence-corrected chi connectivity index (χ2v) is 8.49. The summed E-state index contributed by atoms with van der Waals surface area (Å²) in [6.07, 6.45) is 5.31. The van der Waals surface area contributed by atoms with Crippen molar-refractivity contribution in [1.82, 2.24) is 19.5 Å². The minimum atomic E-state index is -0.539. The summed E-state index contributed by atoms with van der Waals surface area (Å²) in [6.45, 7) is 5.84. The van der Waals surface area contributed by atoms with Crippen LogP contribution in [-0.4, -0.2) is 19.5 Å². The minimum absolute atomic E-state index is 0.539. The first kappa shape index (κ1) is 20.4. The average molecular weight is 428 g/mol. The third kappa shape index (κ3) is 3.71. The summed E-state index contributed by atoms with van der Waals surface area (Å²) >= 11 is 0. The van der Waals surface area contributed by atoms with Crippen LogP contribution in [0.1, 0.15) is 36.4 Å². The molecule has 5 nitrogen and oxygen atoms in total. The topological polar surface area (TPSA) is 67.4 Å². The Labute approximate surface area is 192 Å². The second-order valence-electron chi connectivity index (χ2n) is 8.49. The SMILES string of the molecule is Cc1nc2cnc3ccc(C#Cc4cccnc4)cc3c2n1-c1ccc(C(C)(C)C#N)cc1. The molecule has 0 unspecified atom stereocenters. The number of pyridine rings is 2. The van der Waals surface area contributed by atoms with E-state index in [1.54, 1.807) is 12.4 Å². The zero-order valence-corrected chi connectivity index (χ0v) is 18.7. The normalized spacial score (nSPS) is 11.2. The third-order valence-corrected chi connectivity index (χ3v) is 5.79. The molecule has 0 atom stereocenters. The van der Waals surface area contributed by atoms with Gasteiger partial charge >= 0.3 is 0 Å². The number of nitrogens with zero attached hydrogens (tertiary/aromatic N) is 5. The van der Waals surface area contributed by atoms with E-state index in [1.165, 1.54) is 0 Å². The molecule has 3 heterocycles. The second kappa shape index (κ2) is 7.89. The number of rotatable bonds is 2. The molecule has 5 aromatic rings. The van der Waals surface area contributed by atoms with Gasteiger partial charge in [0.15, 0.2) is 0 Å². The lowest BCUT2D eigenvalue weighted by Crippen LogP contribution is -2.13. The molecule has 0 bridgehead atoms. The van der Waals surface area contributed by atoms with E-state index in [4.69, 9.17) is 4.98 Å². The van der Waals surface area contributed by atoms with Crippen LogP contribution in [0.4, 0.5) is 0 Å². The van der Waals surface area contributed by atoms with Crippen molar-refractivity contribution >= 4 is 21.9 Å². The summed E-state index contributed by atoms with van der Waals surface area (Å²) < 4.78 is 2.14. The molecule has 0 aliphatic heterocycles. The van der Waals surface area contributed by atoms with Crippen LogP contribution in [-0.2, 0) is 5.41 Å². The summed E-state index contributed by atoms with van der Waals surface area (Å²) in [5.41, 5.74) is 5.92. The molecule has 3 aromatic heterocycles. The van der Waals surface area contributed by atoms with E-state index in [0.717, 1.165) is 50.1 Å². The van der Waals surface area contributed by atoms with E-state index >= 15 is 0 Å². The van der Waals surface area contributed by atoms with Crippen LogP contribution in [0, 0.1) is 30.1 Å². The Morgan fingerprint density at radius 3 is 2.42 bits per heavy atom. The van der Waals surface area contributed by atoms with Crippen LogP contribution in [0.15, 0.2) is 73.2 Å². The number of benzene rings is 2. The Morgan fingerprint density at radius 2 is 1.70 bits per heavy atom. The number of hydrogen-bond acceptors (Lipinski definition) is 4. The fourth-order valence-electron chi connectivity index (χ4n) is 3.94. The average Bonchev–Trinajstić information content (AvgIpc) is 3.19. The van der Waals surface area contributed by atoms with E-state index in [-0.39, 0.29) is 0 Å². The molecule has 0 saturated carbocycles. The van der Waals surface area contributed by atoms with Crippen molar-refractivity contribution in [3.05, 3.63) is 95.7 Å². The predicted octanol–water partition coefficient (Wildman–Crippen LogP) is 5.48. The zero-order valence-electron chi connectivity index (χ0n) is 18.7. The van der Waals surface area contributed by atoms with Crippen LogP contribution in [0.5, 0.6) is 0 Å². The zero-order chi connectivity index (χ0) is 23.0. The molecule has 0 saturated heterocycles. The summed E-state index contributed by atoms with van der Waals surface area (Å²) in [7, 11) is 0. The maximum atomic E-state index is 9.46. The van der Waals surface area contributed by atoms with Gasteiger partial charge in [-0.25, -0.2) is 4.98 Å². The highest BCUT2D eigenvalue weighted by Crippen LogP contribution is 2.30. The van der Waals surface area contributed by atoms with Crippen LogP contribution >= 0.6 is 0 Å². The molecule has 0 amide bonds. The number of aromatic nitrogens is 4. The summed E-state index contributed by atoms with van der Waals surface area (Å²) in [4.78, 5) is 13.5. The van der Waals surface area contributed by atoms with E-state index in [9.17, 15) is 5.26 Å². The Bertz CT molecular complexity index is 1590. The van der Waals surface area contributed by atoms with Gasteiger partial charge in [0.25, 0.3) is 0 Å². The Hall–Kier alpha value is -4.48. The van der Waals surface area contributed by atoms with E-state index in [2.05, 4.69) is 38.5 Å². The monoisotopic (exact) mass is 427 g/mol. The lowest BCUT2D eigenvalue weighted by molar-refractivity contribution is 0.686. The highest BCUT2D eigenvalue weighted by Gasteiger charge is 2.20. The first-order valence-electron chi connectivity index (χ1n) is 10.7. The fourth-order valence-corrected chi connectivity index (χ4v) is 3.94. The van der Waals surface area contributed by atoms with Gasteiger partial charge in [-0.1, -0.05) is 24.0 Å². The number of hydrogen-bond donors (Lipinski definition) is 0. The quantitative estimate of drug-likeness (QED) is 0.350. The third-order valence-electron chi connectivity index (χ3n) is 5.79. The first-order chi connectivity index (χ1) is 16.0. The van der Waals surface area contributed by atoms with Gasteiger partial charge in [-0.05, 0) is 68.8 Å². The molecular weight excluding hydrogens is 406 g/mol. The van der Waals surface area contributed by atoms with Crippen molar-refractivity contribution in [2.75, 3.05) is 0 Å². The molecule has 5 rings (SSSR count). The van der Waals surface area contributed by atoms with Gasteiger partial charge in [0.1, 0.15) is 11.3 Å². The smallest absolute Gasteiger partial charge is 0.111 e. The molecule has 33 heavy (non-hydrogen) atoms. The van der Waals surface area contributed by atoms with Gasteiger partial charge in [-0.2, -0.15) is 5.26 Å². The molecule has 0 fully saturated rings. The summed E-state index contributed by atoms with van der Waals surface area (Å²) in [5, 5.41) is 10.5. The van der Waals surface area contributed by atoms with Gasteiger partial charge in [0.2, 0.25) is 0 Å². The van der Waals surface area contributed by atoms with Crippen molar-refractivity contribution in [2.45, 2.75) is 26.2 Å². The van der Waals surface area contributed by atoms with E-state index in [1.807, 2.05) is 75.5 Å². The van der Waals surface area contributed by atoms with Crippen molar-refractivity contribution in [2.24, 2.45) is 0 Å². The number of nitriles is 1. The molecule has 0 aliphatic carbocycles. The van der Waals surface area contributed by atoms with Crippen molar-refractivity contribution in [3.63, 3.8) is 0 Å². The van der Waals surface area contributed by atoms with Crippen LogP contribution < -0.4 is 0 Å². The molecule has 0 spiro atoms. The molecule has 0 aliphatic rings. The van der Waals surface area contributed by atoms with E-state index < -0.39 is 5.41 Å². The Balaban J connectivity index is 1.67. The van der Waals surface area contributed by atoms with Gasteiger partial charge < -0.3 is 0 Å². The lowest BCUT2D eigenvalue weighted by Gasteiger charge is -2.17. The predicted molar refractivity (Wildman–Crippen MR) is 130 cm³/mol. The molecule has 2 aromatic carbocycles. The first-order valence-corrected chi connectivity index (χ1v) is 10.7. The molecule has 0 radical (unpaired) electrons. The summed E-state index contributed by atoms with van der Waals surface area (Å²) in [5.74, 6) is 7.28. The van der Waals surface area contributed by atoms with Crippen LogP contribution in [0.25, 0.3) is 27.6 Å². The van der Waals surface area contributed by atoms with Crippen molar-refractivity contribution < 1.29 is 0 Å². The largest absolute Gasteiger partial charge is 0.296 e. The van der Waals surface area contributed by atoms with Crippen LogP contribution in [0.2, 0.25) is 0 Å². The van der Waals surface area contributed by atoms with Gasteiger partial charge in [0.05, 0.1) is 28.7 Å². The maximum Gasteiger partial charge on any atom is 0.111 e. The highest BCUT2D eigenvalue weighted by atomic mass is 15.1. The molecule has 0 N–H and O–H groups in total. The molecular formula is C28H21N5. The number of aryl methyl sites for hydroxylation is 1. The number of fused-ring (bicyclic) bond motifs is 3. The van der Waals surface area contributed by atoms with Gasteiger partial charge in [0, 0.05) is 34.6 Å². The minimum Gasteiger partial charge on any atom is -0.296 e. The maximum absolute atomic E-state index is 9.46. The number of imidazole rings is 1. The lowest BCUT2D eigenvalue weighted by atomic mass is 9.86. The standard InChI is InChI=1S/C28H21N5/c1-19-32-26-17-31-25-13-8-20(6-7-21-5-4-14-30-16-21)15-24(25)27(26)33(19)23-11-9-22(10-12-23)28(2,3)18-29/h4-5,8-17H,1-3H3. The van der Waals surface area contributed by atoms with Crippen molar-refractivity contribution in [3.8, 4) is 23.6 Å². The fraction of sp³-hybridized carbons (Fsp3) is 0.143. The van der Waals surface area contributed by atoms with Gasteiger partial charge in [-0.15, -0.1) is 0 Å². The van der Waals surface area contributed by atoms with Crippen molar-refractivity contribution in [1.29, 1.82) is 5.26 Å². The molecule has 5 heteroatoms. The Morgan fingerprint density at radius 1 is 0.909 bits per heavy atom. The van der Waals surface area contributed by atoms with Crippen LogP contribution in [0.3, 0.4) is 0 Å². The highest BCUT2D eigenvalue weighted by molar-refractivity contribution is 6.03. The summed E-state index contributed by atoms with van der Waals surface area (Å²) in [6, 6.07) is 20.3. The Kier molecular flexibility index (Phi) is 4.89. The molecule has 158 valence electrons. The van der Waals surface area contributed by atoms with E-state index in [0.29, 0.717) is 0 Å².